The minimum absolute atomic E-state index is 0.0827. The summed E-state index contributed by atoms with van der Waals surface area (Å²) in [6.45, 7) is 6.44. The highest BCUT2D eigenvalue weighted by Gasteiger charge is 2.21. The van der Waals surface area contributed by atoms with Gasteiger partial charge in [0.05, 0.1) is 0 Å². The van der Waals surface area contributed by atoms with Crippen LogP contribution < -0.4 is 5.32 Å². The van der Waals surface area contributed by atoms with Crippen molar-refractivity contribution in [2.75, 3.05) is 0 Å². The quantitative estimate of drug-likeness (QED) is 0.810. The maximum Gasteiger partial charge on any atom is 0.251 e. The van der Waals surface area contributed by atoms with Crippen molar-refractivity contribution >= 4 is 5.91 Å². The number of fused-ring (bicyclic) bond motifs is 1. The first-order valence-electron chi connectivity index (χ1n) is 5.99. The Morgan fingerprint density at radius 2 is 2.19 bits per heavy atom. The van der Waals surface area contributed by atoms with Gasteiger partial charge in [0.2, 0.25) is 0 Å². The van der Waals surface area contributed by atoms with Gasteiger partial charge in [0.15, 0.2) is 0 Å². The van der Waals surface area contributed by atoms with Gasteiger partial charge >= 0.3 is 0 Å². The molecule has 1 N–H and O–H groups in total. The molecule has 0 bridgehead atoms. The van der Waals surface area contributed by atoms with Crippen LogP contribution in [0.1, 0.15) is 42.3 Å². The summed E-state index contributed by atoms with van der Waals surface area (Å²) in [6.07, 6.45) is 1.99. The van der Waals surface area contributed by atoms with Crippen LogP contribution >= 0.6 is 0 Å². The van der Waals surface area contributed by atoms with Crippen LogP contribution in [0.5, 0.6) is 0 Å². The molecule has 0 spiro atoms. The first-order chi connectivity index (χ1) is 7.56. The van der Waals surface area contributed by atoms with E-state index in [1.54, 1.807) is 0 Å². The van der Waals surface area contributed by atoms with E-state index in [2.05, 4.69) is 37.4 Å². The van der Waals surface area contributed by atoms with Gasteiger partial charge in [0.25, 0.3) is 5.91 Å². The predicted octanol–water partition coefficient (Wildman–Crippen LogP) is 2.56. The van der Waals surface area contributed by atoms with E-state index in [9.17, 15) is 4.79 Å². The van der Waals surface area contributed by atoms with Crippen molar-refractivity contribution < 1.29 is 4.79 Å². The van der Waals surface area contributed by atoms with Gasteiger partial charge in [-0.3, -0.25) is 4.79 Å². The Kier molecular flexibility index (Phi) is 2.99. The second-order valence-corrected chi connectivity index (χ2v) is 5.17. The van der Waals surface area contributed by atoms with E-state index in [0.29, 0.717) is 5.92 Å². The average molecular weight is 217 g/mol. The fourth-order valence-electron chi connectivity index (χ4n) is 2.29. The zero-order valence-corrected chi connectivity index (χ0v) is 10.2. The van der Waals surface area contributed by atoms with Crippen molar-refractivity contribution in [3.05, 3.63) is 34.9 Å². The van der Waals surface area contributed by atoms with E-state index >= 15 is 0 Å². The van der Waals surface area contributed by atoms with Crippen LogP contribution in [0.4, 0.5) is 0 Å². The number of carbonyl (C=O) groups is 1. The molecule has 0 radical (unpaired) electrons. The van der Waals surface area contributed by atoms with E-state index in [4.69, 9.17) is 0 Å². The van der Waals surface area contributed by atoms with E-state index in [-0.39, 0.29) is 11.9 Å². The van der Waals surface area contributed by atoms with Gasteiger partial charge < -0.3 is 5.32 Å². The summed E-state index contributed by atoms with van der Waals surface area (Å²) in [6, 6.07) is 6.58. The number of amides is 1. The maximum absolute atomic E-state index is 11.8. The summed E-state index contributed by atoms with van der Waals surface area (Å²) >= 11 is 0. The average Bonchev–Trinajstić information content (AvgIpc) is 2.18. The number of rotatable bonds is 2. The first kappa shape index (κ1) is 11.2. The molecule has 2 heteroatoms. The molecule has 2 rings (SSSR count). The van der Waals surface area contributed by atoms with Crippen LogP contribution in [0.15, 0.2) is 18.2 Å². The Morgan fingerprint density at radius 1 is 1.44 bits per heavy atom. The van der Waals surface area contributed by atoms with Crippen LogP contribution in [-0.4, -0.2) is 11.9 Å². The second-order valence-electron chi connectivity index (χ2n) is 5.17. The summed E-state index contributed by atoms with van der Waals surface area (Å²) in [4.78, 5) is 11.8. The third-order valence-electron chi connectivity index (χ3n) is 2.97. The Hall–Kier alpha value is -1.31. The highest BCUT2D eigenvalue weighted by Crippen LogP contribution is 2.20. The molecule has 0 aromatic heterocycles. The Labute approximate surface area is 97.1 Å². The van der Waals surface area contributed by atoms with Crippen LogP contribution in [-0.2, 0) is 12.8 Å². The fourth-order valence-corrected chi connectivity index (χ4v) is 2.29. The third kappa shape index (κ3) is 2.26. The molecular formula is C14H19NO. The summed E-state index contributed by atoms with van der Waals surface area (Å²) < 4.78 is 0. The van der Waals surface area contributed by atoms with Crippen LogP contribution in [0.25, 0.3) is 0 Å². The number of carbonyl (C=O) groups excluding carboxylic acids is 1. The molecule has 1 amide bonds. The minimum atomic E-state index is 0.0827. The molecule has 1 aromatic rings. The van der Waals surface area contributed by atoms with Gasteiger partial charge in [0.1, 0.15) is 0 Å². The number of hydrogen-bond donors (Lipinski definition) is 1. The SMILES string of the molecule is CC(C)Cc1ccc2c(c1)C(=O)NC(C)C2. The molecule has 0 saturated carbocycles. The van der Waals surface area contributed by atoms with Crippen LogP contribution in [0.2, 0.25) is 0 Å². The monoisotopic (exact) mass is 217 g/mol. The largest absolute Gasteiger partial charge is 0.349 e. The van der Waals surface area contributed by atoms with Gasteiger partial charge in [-0.2, -0.15) is 0 Å². The molecule has 0 fully saturated rings. The van der Waals surface area contributed by atoms with Crippen molar-refractivity contribution in [2.24, 2.45) is 5.92 Å². The van der Waals surface area contributed by atoms with Crippen molar-refractivity contribution in [1.82, 2.24) is 5.32 Å². The van der Waals surface area contributed by atoms with Crippen molar-refractivity contribution in [3.63, 3.8) is 0 Å². The molecule has 1 atom stereocenters. The van der Waals surface area contributed by atoms with Gasteiger partial charge in [-0.1, -0.05) is 26.0 Å². The Morgan fingerprint density at radius 3 is 2.88 bits per heavy atom. The van der Waals surface area contributed by atoms with Crippen LogP contribution in [0, 0.1) is 5.92 Å². The lowest BCUT2D eigenvalue weighted by Gasteiger charge is -2.23. The molecule has 0 saturated heterocycles. The number of hydrogen-bond acceptors (Lipinski definition) is 1. The molecule has 1 heterocycles. The smallest absolute Gasteiger partial charge is 0.251 e. The van der Waals surface area contributed by atoms with Gasteiger partial charge in [-0.15, -0.1) is 0 Å². The van der Waals surface area contributed by atoms with Crippen molar-refractivity contribution in [1.29, 1.82) is 0 Å². The molecule has 1 aliphatic heterocycles. The number of nitrogens with one attached hydrogen (secondary N) is 1. The van der Waals surface area contributed by atoms with Gasteiger partial charge in [-0.05, 0) is 42.9 Å². The normalized spacial score (nSPS) is 19.5. The van der Waals surface area contributed by atoms with Crippen molar-refractivity contribution in [3.8, 4) is 0 Å². The van der Waals surface area contributed by atoms with E-state index < -0.39 is 0 Å². The predicted molar refractivity (Wildman–Crippen MR) is 65.6 cm³/mol. The summed E-state index contributed by atoms with van der Waals surface area (Å²) in [5, 5.41) is 2.98. The second kappa shape index (κ2) is 4.28. The standard InChI is InChI=1S/C14H19NO/c1-9(2)6-11-4-5-12-7-10(3)15-14(16)13(12)8-11/h4-5,8-10H,6-7H2,1-3H3,(H,15,16). The molecular weight excluding hydrogens is 198 g/mol. The van der Waals surface area contributed by atoms with Crippen LogP contribution in [0.3, 0.4) is 0 Å². The topological polar surface area (TPSA) is 29.1 Å². The highest BCUT2D eigenvalue weighted by atomic mass is 16.1. The molecule has 16 heavy (non-hydrogen) atoms. The minimum Gasteiger partial charge on any atom is -0.349 e. The maximum atomic E-state index is 11.8. The molecule has 1 aromatic carbocycles. The zero-order chi connectivity index (χ0) is 11.7. The number of benzene rings is 1. The third-order valence-corrected chi connectivity index (χ3v) is 2.97. The first-order valence-corrected chi connectivity index (χ1v) is 5.99. The zero-order valence-electron chi connectivity index (χ0n) is 10.2. The summed E-state index contributed by atoms with van der Waals surface area (Å²) in [5.41, 5.74) is 3.32. The van der Waals surface area contributed by atoms with E-state index in [1.807, 2.05) is 6.92 Å². The molecule has 1 aliphatic rings. The Bertz CT molecular complexity index is 409. The van der Waals surface area contributed by atoms with Gasteiger partial charge in [0, 0.05) is 11.6 Å². The molecule has 0 aliphatic carbocycles. The summed E-state index contributed by atoms with van der Waals surface area (Å²) in [5.74, 6) is 0.711. The molecule has 86 valence electrons. The van der Waals surface area contributed by atoms with Gasteiger partial charge in [-0.25, -0.2) is 0 Å². The van der Waals surface area contributed by atoms with E-state index in [0.717, 1.165) is 18.4 Å². The lowest BCUT2D eigenvalue weighted by molar-refractivity contribution is 0.0929. The molecule has 1 unspecified atom stereocenters. The van der Waals surface area contributed by atoms with Crippen molar-refractivity contribution in [2.45, 2.75) is 39.7 Å². The highest BCUT2D eigenvalue weighted by molar-refractivity contribution is 5.97. The lowest BCUT2D eigenvalue weighted by Crippen LogP contribution is -2.39. The summed E-state index contributed by atoms with van der Waals surface area (Å²) in [7, 11) is 0. The van der Waals surface area contributed by atoms with E-state index in [1.165, 1.54) is 11.1 Å². The lowest BCUT2D eigenvalue weighted by atomic mass is 9.92. The Balaban J connectivity index is 2.31. The molecule has 2 nitrogen and oxygen atoms in total. The fraction of sp³-hybridized carbons (Fsp3) is 0.500.